The average Bonchev–Trinajstić information content (AvgIpc) is 2.63. The Morgan fingerprint density at radius 2 is 2.19 bits per heavy atom. The van der Waals surface area contributed by atoms with Crippen LogP contribution in [-0.2, 0) is 10.2 Å². The van der Waals surface area contributed by atoms with Crippen molar-refractivity contribution in [3.63, 3.8) is 0 Å². The molecule has 26 heavy (non-hydrogen) atoms. The molecule has 136 valence electrons. The molecule has 2 unspecified atom stereocenters. The summed E-state index contributed by atoms with van der Waals surface area (Å²) in [7, 11) is 1.49. The van der Waals surface area contributed by atoms with Crippen LogP contribution in [0.2, 0.25) is 5.02 Å². The van der Waals surface area contributed by atoms with Gasteiger partial charge in [-0.25, -0.2) is 4.98 Å². The second-order valence-corrected chi connectivity index (χ2v) is 7.17. The number of benzene rings is 1. The van der Waals surface area contributed by atoms with E-state index in [-0.39, 0.29) is 6.42 Å². The SMILES string of the molecule is CCC(C#N)(c1ccc(Br)cc1Cl)C(CC(=O)O)c1ccnc(OC)c1. The summed E-state index contributed by atoms with van der Waals surface area (Å²) >= 11 is 9.79. The summed E-state index contributed by atoms with van der Waals surface area (Å²) in [5.41, 5.74) is 0.166. The Morgan fingerprint density at radius 1 is 1.46 bits per heavy atom. The van der Waals surface area contributed by atoms with Gasteiger partial charge in [0.1, 0.15) is 0 Å². The van der Waals surface area contributed by atoms with Gasteiger partial charge in [-0.05, 0) is 35.7 Å². The molecule has 2 atom stereocenters. The van der Waals surface area contributed by atoms with Crippen LogP contribution in [-0.4, -0.2) is 23.2 Å². The van der Waals surface area contributed by atoms with Crippen molar-refractivity contribution in [2.24, 2.45) is 0 Å². The van der Waals surface area contributed by atoms with Gasteiger partial charge in [0.05, 0.1) is 25.0 Å². The predicted octanol–water partition coefficient (Wildman–Crippen LogP) is 4.94. The summed E-state index contributed by atoms with van der Waals surface area (Å²) in [5, 5.41) is 20.0. The first-order chi connectivity index (χ1) is 12.4. The molecule has 1 heterocycles. The highest BCUT2D eigenvalue weighted by Gasteiger charge is 2.43. The fourth-order valence-electron chi connectivity index (χ4n) is 3.20. The molecule has 0 fully saturated rings. The molecule has 0 saturated heterocycles. The van der Waals surface area contributed by atoms with Gasteiger partial charge in [0.15, 0.2) is 0 Å². The molecule has 5 nitrogen and oxygen atoms in total. The molecule has 0 bridgehead atoms. The van der Waals surface area contributed by atoms with Gasteiger partial charge in [-0.1, -0.05) is 40.5 Å². The van der Waals surface area contributed by atoms with Crippen molar-refractivity contribution in [2.75, 3.05) is 7.11 Å². The van der Waals surface area contributed by atoms with Gasteiger partial charge in [0.2, 0.25) is 5.88 Å². The monoisotopic (exact) mass is 436 g/mol. The van der Waals surface area contributed by atoms with E-state index in [1.54, 1.807) is 36.5 Å². The summed E-state index contributed by atoms with van der Waals surface area (Å²) in [6.07, 6.45) is 1.72. The zero-order valence-corrected chi connectivity index (χ0v) is 16.7. The van der Waals surface area contributed by atoms with E-state index in [0.29, 0.717) is 28.5 Å². The van der Waals surface area contributed by atoms with Crippen molar-refractivity contribution < 1.29 is 14.6 Å². The van der Waals surface area contributed by atoms with Gasteiger partial charge in [-0.2, -0.15) is 5.26 Å². The number of halogens is 2. The van der Waals surface area contributed by atoms with E-state index in [4.69, 9.17) is 16.3 Å². The van der Waals surface area contributed by atoms with E-state index in [1.807, 2.05) is 6.92 Å². The first-order valence-corrected chi connectivity index (χ1v) is 9.13. The van der Waals surface area contributed by atoms with Crippen LogP contribution in [0.25, 0.3) is 0 Å². The summed E-state index contributed by atoms with van der Waals surface area (Å²) in [6.45, 7) is 1.86. The largest absolute Gasteiger partial charge is 0.481 e. The maximum absolute atomic E-state index is 11.6. The minimum absolute atomic E-state index is 0.221. The fourth-order valence-corrected chi connectivity index (χ4v) is 4.04. The number of carbonyl (C=O) groups is 1. The Kier molecular flexibility index (Phi) is 6.63. The fraction of sp³-hybridized carbons (Fsp3) is 0.316. The van der Waals surface area contributed by atoms with Crippen LogP contribution in [0.1, 0.15) is 36.8 Å². The minimum Gasteiger partial charge on any atom is -0.481 e. The number of nitrogens with zero attached hydrogens (tertiary/aromatic N) is 2. The molecule has 1 aromatic heterocycles. The van der Waals surface area contributed by atoms with Crippen molar-refractivity contribution in [3.05, 3.63) is 57.2 Å². The molecule has 0 aliphatic heterocycles. The Bertz CT molecular complexity index is 853. The molecule has 0 aliphatic rings. The van der Waals surface area contributed by atoms with Gasteiger partial charge in [-0.3, -0.25) is 4.79 Å². The van der Waals surface area contributed by atoms with Gasteiger partial charge in [0.25, 0.3) is 0 Å². The third kappa shape index (κ3) is 4.00. The van der Waals surface area contributed by atoms with Crippen LogP contribution in [0.5, 0.6) is 5.88 Å². The summed E-state index contributed by atoms with van der Waals surface area (Å²) in [4.78, 5) is 15.7. The molecule has 1 N–H and O–H groups in total. The molecule has 7 heteroatoms. The number of aliphatic carboxylic acids is 1. The van der Waals surface area contributed by atoms with Gasteiger partial charge >= 0.3 is 5.97 Å². The lowest BCUT2D eigenvalue weighted by Crippen LogP contribution is -2.33. The molecular formula is C19H18BrClN2O3. The summed E-state index contributed by atoms with van der Waals surface area (Å²) in [6, 6.07) is 11.0. The lowest BCUT2D eigenvalue weighted by Gasteiger charge is -2.35. The Morgan fingerprint density at radius 3 is 2.73 bits per heavy atom. The average molecular weight is 438 g/mol. The number of hydrogen-bond donors (Lipinski definition) is 1. The van der Waals surface area contributed by atoms with E-state index in [2.05, 4.69) is 27.0 Å². The zero-order valence-electron chi connectivity index (χ0n) is 14.4. The molecule has 0 amide bonds. The van der Waals surface area contributed by atoms with Crippen molar-refractivity contribution in [2.45, 2.75) is 31.1 Å². The quantitative estimate of drug-likeness (QED) is 0.663. The number of rotatable bonds is 7. The number of ether oxygens (including phenoxy) is 1. The number of aromatic nitrogens is 1. The smallest absolute Gasteiger partial charge is 0.304 e. The van der Waals surface area contributed by atoms with Crippen molar-refractivity contribution in [1.82, 2.24) is 4.98 Å². The van der Waals surface area contributed by atoms with Gasteiger partial charge in [-0.15, -0.1) is 0 Å². The van der Waals surface area contributed by atoms with E-state index in [9.17, 15) is 15.2 Å². The van der Waals surface area contributed by atoms with Gasteiger partial charge in [0, 0.05) is 27.7 Å². The van der Waals surface area contributed by atoms with E-state index >= 15 is 0 Å². The molecule has 0 radical (unpaired) electrons. The second kappa shape index (κ2) is 8.52. The van der Waals surface area contributed by atoms with E-state index in [0.717, 1.165) is 4.47 Å². The maximum atomic E-state index is 11.6. The van der Waals surface area contributed by atoms with Crippen LogP contribution in [0.3, 0.4) is 0 Å². The van der Waals surface area contributed by atoms with Crippen LogP contribution in [0.15, 0.2) is 41.0 Å². The number of nitriles is 1. The normalized spacial score (nSPS) is 14.1. The van der Waals surface area contributed by atoms with Gasteiger partial charge < -0.3 is 9.84 Å². The second-order valence-electron chi connectivity index (χ2n) is 5.84. The van der Waals surface area contributed by atoms with Crippen LogP contribution in [0, 0.1) is 11.3 Å². The van der Waals surface area contributed by atoms with Crippen LogP contribution < -0.4 is 4.74 Å². The third-order valence-electron chi connectivity index (χ3n) is 4.51. The van der Waals surface area contributed by atoms with Crippen molar-refractivity contribution >= 4 is 33.5 Å². The van der Waals surface area contributed by atoms with E-state index in [1.165, 1.54) is 7.11 Å². The maximum Gasteiger partial charge on any atom is 0.304 e. The summed E-state index contributed by atoms with van der Waals surface area (Å²) < 4.78 is 5.95. The molecule has 1 aromatic carbocycles. The molecule has 2 aromatic rings. The van der Waals surface area contributed by atoms with Crippen molar-refractivity contribution in [1.29, 1.82) is 5.26 Å². The lowest BCUT2D eigenvalue weighted by atomic mass is 9.65. The number of methoxy groups -OCH3 is 1. The highest BCUT2D eigenvalue weighted by Crippen LogP contribution is 2.46. The number of hydrogen-bond acceptors (Lipinski definition) is 4. The first-order valence-electron chi connectivity index (χ1n) is 7.96. The number of carboxylic acid groups (broad SMARTS) is 1. The summed E-state index contributed by atoms with van der Waals surface area (Å²) in [5.74, 6) is -1.25. The van der Waals surface area contributed by atoms with E-state index < -0.39 is 17.3 Å². The Balaban J connectivity index is 2.71. The third-order valence-corrected chi connectivity index (χ3v) is 5.32. The molecular weight excluding hydrogens is 420 g/mol. The van der Waals surface area contributed by atoms with Crippen LogP contribution in [0.4, 0.5) is 0 Å². The standard InChI is InChI=1S/C19H18BrClN2O3/c1-3-19(11-22,14-5-4-13(20)9-16(14)21)15(10-18(24)25)12-6-7-23-17(8-12)26-2/h4-9,15H,3,10H2,1-2H3,(H,24,25). The first kappa shape index (κ1) is 20.2. The highest BCUT2D eigenvalue weighted by atomic mass is 79.9. The highest BCUT2D eigenvalue weighted by molar-refractivity contribution is 9.10. The molecule has 0 spiro atoms. The number of carboxylic acids is 1. The molecule has 2 rings (SSSR count). The molecule has 0 saturated carbocycles. The number of pyridine rings is 1. The lowest BCUT2D eigenvalue weighted by molar-refractivity contribution is -0.137. The Labute approximate surface area is 165 Å². The molecule has 0 aliphatic carbocycles. The zero-order chi connectivity index (χ0) is 19.3. The minimum atomic E-state index is -1.11. The van der Waals surface area contributed by atoms with Crippen LogP contribution >= 0.6 is 27.5 Å². The topological polar surface area (TPSA) is 83.2 Å². The predicted molar refractivity (Wildman–Crippen MR) is 103 cm³/mol. The van der Waals surface area contributed by atoms with Crippen molar-refractivity contribution in [3.8, 4) is 11.9 Å². The Hall–Kier alpha value is -2.10.